The maximum atomic E-state index is 6.15. The van der Waals surface area contributed by atoms with Crippen LogP contribution in [0.3, 0.4) is 0 Å². The number of fused-ring (bicyclic) bond motifs is 1. The van der Waals surface area contributed by atoms with Crippen LogP contribution in [0.15, 0.2) is 36.5 Å². The van der Waals surface area contributed by atoms with Gasteiger partial charge in [-0.05, 0) is 31.0 Å². The van der Waals surface area contributed by atoms with Crippen LogP contribution in [0.1, 0.15) is 18.4 Å². The molecule has 0 bridgehead atoms. The van der Waals surface area contributed by atoms with E-state index >= 15 is 0 Å². The van der Waals surface area contributed by atoms with E-state index < -0.39 is 0 Å². The Hall–Kier alpha value is -2.44. The number of nitrogen functional groups attached to an aromatic ring is 1. The van der Waals surface area contributed by atoms with E-state index in [1.54, 1.807) is 6.20 Å². The van der Waals surface area contributed by atoms with E-state index in [-0.39, 0.29) is 0 Å². The molecule has 1 atom stereocenters. The molecule has 0 radical (unpaired) electrons. The summed E-state index contributed by atoms with van der Waals surface area (Å²) in [7, 11) is 0. The molecule has 0 aliphatic carbocycles. The Morgan fingerprint density at radius 3 is 3.04 bits per heavy atom. The van der Waals surface area contributed by atoms with Crippen molar-refractivity contribution >= 4 is 16.7 Å². The normalized spacial score (nSPS) is 17.6. The molecule has 1 fully saturated rings. The maximum absolute atomic E-state index is 6.15. The summed E-state index contributed by atoms with van der Waals surface area (Å²) in [6.07, 6.45) is 4.36. The van der Waals surface area contributed by atoms with Gasteiger partial charge in [0, 0.05) is 42.4 Å². The first-order valence-electron chi connectivity index (χ1n) is 8.31. The molecular weight excluding hydrogens is 302 g/mol. The van der Waals surface area contributed by atoms with Crippen molar-refractivity contribution in [3.63, 3.8) is 0 Å². The third-order valence-corrected chi connectivity index (χ3v) is 4.45. The largest absolute Gasteiger partial charge is 0.383 e. The average Bonchev–Trinajstić information content (AvgIpc) is 3.28. The second-order valence-electron chi connectivity index (χ2n) is 6.18. The molecule has 3 aromatic rings. The number of anilines is 1. The number of H-pyrrole nitrogens is 1. The number of hydrogen-bond donors (Lipinski definition) is 3. The minimum atomic E-state index is 0.330. The molecule has 1 unspecified atom stereocenters. The summed E-state index contributed by atoms with van der Waals surface area (Å²) in [6.45, 7) is 2.44. The molecule has 3 heterocycles. The second-order valence-corrected chi connectivity index (χ2v) is 6.18. The van der Waals surface area contributed by atoms with Gasteiger partial charge in [0.1, 0.15) is 5.82 Å². The van der Waals surface area contributed by atoms with Crippen LogP contribution in [0.25, 0.3) is 22.2 Å². The molecule has 6 heteroatoms. The number of nitrogens with two attached hydrogens (primary N) is 1. The summed E-state index contributed by atoms with van der Waals surface area (Å²) >= 11 is 0. The number of pyridine rings is 1. The first kappa shape index (κ1) is 15.1. The monoisotopic (exact) mass is 323 g/mol. The van der Waals surface area contributed by atoms with Crippen LogP contribution in [0, 0.1) is 0 Å². The third kappa shape index (κ3) is 3.11. The van der Waals surface area contributed by atoms with Gasteiger partial charge in [-0.3, -0.25) is 5.10 Å². The summed E-state index contributed by atoms with van der Waals surface area (Å²) in [5, 5.41) is 11.5. The van der Waals surface area contributed by atoms with E-state index in [1.165, 1.54) is 0 Å². The minimum Gasteiger partial charge on any atom is -0.383 e. The average molecular weight is 323 g/mol. The number of nitrogens with one attached hydrogen (secondary N) is 2. The molecule has 4 rings (SSSR count). The van der Waals surface area contributed by atoms with E-state index in [2.05, 4.69) is 38.7 Å². The summed E-state index contributed by atoms with van der Waals surface area (Å²) in [6, 6.07) is 10.2. The highest BCUT2D eigenvalue weighted by Gasteiger charge is 2.15. The highest BCUT2D eigenvalue weighted by atomic mass is 16.5. The molecule has 1 aliphatic rings. The predicted octanol–water partition coefficient (Wildman–Crippen LogP) is 2.48. The topological polar surface area (TPSA) is 88.9 Å². The highest BCUT2D eigenvalue weighted by molar-refractivity contribution is 5.85. The van der Waals surface area contributed by atoms with Gasteiger partial charge in [0.2, 0.25) is 0 Å². The van der Waals surface area contributed by atoms with Crippen molar-refractivity contribution in [1.29, 1.82) is 0 Å². The van der Waals surface area contributed by atoms with Gasteiger partial charge in [0.25, 0.3) is 0 Å². The van der Waals surface area contributed by atoms with Crippen molar-refractivity contribution < 1.29 is 4.74 Å². The van der Waals surface area contributed by atoms with Crippen LogP contribution in [0.2, 0.25) is 0 Å². The molecule has 124 valence electrons. The zero-order chi connectivity index (χ0) is 16.4. The standard InChI is InChI=1S/C18H21N5O/c19-18-14(10-20-11-15-2-1-7-24-15)8-12-3-4-13(9-17(12)22-18)16-5-6-21-23-16/h3-6,8-9,15,20H,1-2,7,10-11H2,(H2,19,22)(H,21,23). The molecular formula is C18H21N5O. The smallest absolute Gasteiger partial charge is 0.128 e. The predicted molar refractivity (Wildman–Crippen MR) is 94.4 cm³/mol. The number of nitrogens with zero attached hydrogens (tertiary/aromatic N) is 2. The second kappa shape index (κ2) is 6.59. The van der Waals surface area contributed by atoms with Crippen LogP contribution in [-0.4, -0.2) is 34.4 Å². The first-order chi connectivity index (χ1) is 11.8. The molecule has 4 N–H and O–H groups in total. The van der Waals surface area contributed by atoms with Crippen molar-refractivity contribution in [2.45, 2.75) is 25.5 Å². The van der Waals surface area contributed by atoms with Crippen molar-refractivity contribution in [1.82, 2.24) is 20.5 Å². The van der Waals surface area contributed by atoms with Crippen LogP contribution in [-0.2, 0) is 11.3 Å². The lowest BCUT2D eigenvalue weighted by atomic mass is 10.1. The lowest BCUT2D eigenvalue weighted by Crippen LogP contribution is -2.26. The van der Waals surface area contributed by atoms with E-state index in [0.717, 1.165) is 53.7 Å². The zero-order valence-corrected chi connectivity index (χ0v) is 13.5. The number of ether oxygens (including phenoxy) is 1. The molecule has 6 nitrogen and oxygen atoms in total. The minimum absolute atomic E-state index is 0.330. The van der Waals surface area contributed by atoms with Gasteiger partial charge in [-0.2, -0.15) is 5.10 Å². The molecule has 1 saturated heterocycles. The van der Waals surface area contributed by atoms with Gasteiger partial charge in [-0.25, -0.2) is 4.98 Å². The molecule has 24 heavy (non-hydrogen) atoms. The molecule has 0 spiro atoms. The molecule has 0 saturated carbocycles. The van der Waals surface area contributed by atoms with Crippen LogP contribution >= 0.6 is 0 Å². The van der Waals surface area contributed by atoms with Gasteiger partial charge in [-0.15, -0.1) is 0 Å². The first-order valence-corrected chi connectivity index (χ1v) is 8.31. The fraction of sp³-hybridized carbons (Fsp3) is 0.333. The number of benzene rings is 1. The Bertz CT molecular complexity index is 825. The summed E-state index contributed by atoms with van der Waals surface area (Å²) in [5.41, 5.74) is 10.1. The van der Waals surface area contributed by atoms with Gasteiger partial charge in [0.15, 0.2) is 0 Å². The number of aromatic nitrogens is 3. The van der Waals surface area contributed by atoms with Crippen LogP contribution in [0.5, 0.6) is 0 Å². The third-order valence-electron chi connectivity index (χ3n) is 4.45. The van der Waals surface area contributed by atoms with E-state index in [9.17, 15) is 0 Å². The Balaban J connectivity index is 1.52. The Morgan fingerprint density at radius 1 is 1.29 bits per heavy atom. The van der Waals surface area contributed by atoms with E-state index in [1.807, 2.05) is 12.1 Å². The highest BCUT2D eigenvalue weighted by Crippen LogP contribution is 2.24. The van der Waals surface area contributed by atoms with Crippen molar-refractivity contribution in [2.75, 3.05) is 18.9 Å². The Kier molecular flexibility index (Phi) is 4.15. The number of rotatable bonds is 5. The van der Waals surface area contributed by atoms with E-state index in [0.29, 0.717) is 18.5 Å². The summed E-state index contributed by atoms with van der Waals surface area (Å²) < 4.78 is 5.62. The lowest BCUT2D eigenvalue weighted by Gasteiger charge is -2.12. The van der Waals surface area contributed by atoms with Gasteiger partial charge in [-0.1, -0.05) is 12.1 Å². The van der Waals surface area contributed by atoms with Crippen molar-refractivity contribution in [3.05, 3.63) is 42.1 Å². The number of aromatic amines is 1. The fourth-order valence-electron chi connectivity index (χ4n) is 3.12. The quantitative estimate of drug-likeness (QED) is 0.671. The van der Waals surface area contributed by atoms with E-state index in [4.69, 9.17) is 10.5 Å². The maximum Gasteiger partial charge on any atom is 0.128 e. The molecule has 1 aliphatic heterocycles. The fourth-order valence-corrected chi connectivity index (χ4v) is 3.12. The lowest BCUT2D eigenvalue weighted by molar-refractivity contribution is 0.110. The zero-order valence-electron chi connectivity index (χ0n) is 13.5. The Labute approximate surface area is 140 Å². The summed E-state index contributed by atoms with van der Waals surface area (Å²) in [4.78, 5) is 4.57. The molecule has 1 aromatic carbocycles. The van der Waals surface area contributed by atoms with Crippen LogP contribution < -0.4 is 11.1 Å². The van der Waals surface area contributed by atoms with Crippen molar-refractivity contribution in [3.8, 4) is 11.3 Å². The summed E-state index contributed by atoms with van der Waals surface area (Å²) in [5.74, 6) is 0.573. The molecule has 2 aromatic heterocycles. The van der Waals surface area contributed by atoms with Gasteiger partial charge < -0.3 is 15.8 Å². The van der Waals surface area contributed by atoms with Crippen molar-refractivity contribution in [2.24, 2.45) is 0 Å². The number of hydrogen-bond acceptors (Lipinski definition) is 5. The molecule has 0 amide bonds. The Morgan fingerprint density at radius 2 is 2.25 bits per heavy atom. The van der Waals surface area contributed by atoms with Crippen LogP contribution in [0.4, 0.5) is 5.82 Å². The van der Waals surface area contributed by atoms with Gasteiger partial charge >= 0.3 is 0 Å². The SMILES string of the molecule is Nc1nc2cc(-c3ccn[nH]3)ccc2cc1CNCC1CCCO1. The van der Waals surface area contributed by atoms with Gasteiger partial charge in [0.05, 0.1) is 17.3 Å².